The van der Waals surface area contributed by atoms with Crippen LogP contribution in [0.5, 0.6) is 5.75 Å². The first kappa shape index (κ1) is 91.5. The zero-order chi connectivity index (χ0) is 89.0. The number of nitrogen functional groups attached to an aromatic ring is 1. The lowest BCUT2D eigenvalue weighted by molar-refractivity contribution is -0.746. The molecule has 2 bridgehead atoms. The molecule has 64 heteroatoms. The molecule has 0 aliphatic carbocycles. The molecule has 5 fully saturated rings. The molecular weight excluding hydrogens is 1770 g/mol. The summed E-state index contributed by atoms with van der Waals surface area (Å²) in [5.41, 5.74) is 9.62. The van der Waals surface area contributed by atoms with E-state index in [0.717, 1.165) is 17.5 Å². The van der Waals surface area contributed by atoms with E-state index >= 15 is 0 Å². The quantitative estimate of drug-likeness (QED) is 0.0164. The molecule has 7 aliphatic heterocycles. The molecule has 0 aromatic carbocycles. The average Bonchev–Trinajstić information content (AvgIpc) is 1.56. The van der Waals surface area contributed by atoms with Crippen LogP contribution < -0.4 is 35.0 Å². The van der Waals surface area contributed by atoms with Crippen molar-refractivity contribution in [3.63, 3.8) is 0 Å². The Morgan fingerprint density at radius 2 is 0.984 bits per heavy atom. The fourth-order valence-corrected chi connectivity index (χ4v) is 16.3. The third kappa shape index (κ3) is 18.7. The number of nitrogens with one attached hydrogen (secondary N) is 1. The molecule has 122 heavy (non-hydrogen) atoms. The number of aryl methyl sites for hydroxylation is 2. The summed E-state index contributed by atoms with van der Waals surface area (Å²) in [5, 5.41) is 136. The maximum atomic E-state index is 11.9. The molecule has 17 rings (SSSR count). The van der Waals surface area contributed by atoms with Gasteiger partial charge in [0.15, 0.2) is 88.0 Å². The number of hydrogen-bond donors (Lipinski definition) is 23. The number of phosphoric acid groups is 5. The van der Waals surface area contributed by atoms with Crippen LogP contribution in [-0.4, -0.2) is 304 Å². The number of aliphatic hydroxyl groups excluding tert-OH is 10. The summed E-state index contributed by atoms with van der Waals surface area (Å²) in [6.45, 7) is -0.568. The second-order valence-electron chi connectivity index (χ2n) is 27.6. The predicted octanol–water partition coefficient (Wildman–Crippen LogP) is -9.29. The lowest BCUT2D eigenvalue weighted by Crippen LogP contribution is -2.46. The van der Waals surface area contributed by atoms with Crippen molar-refractivity contribution in [1.29, 1.82) is 5.41 Å². The molecule has 5 saturated heterocycles. The smallest absolute Gasteiger partial charge is 0.470 e. The van der Waals surface area contributed by atoms with Crippen LogP contribution >= 0.6 is 39.1 Å². The van der Waals surface area contributed by atoms with Gasteiger partial charge in [0.1, 0.15) is 134 Å². The van der Waals surface area contributed by atoms with Crippen molar-refractivity contribution < 1.29 is 193 Å². The van der Waals surface area contributed by atoms with E-state index in [1.165, 1.54) is 60.3 Å². The minimum absolute atomic E-state index is 0.0280. The van der Waals surface area contributed by atoms with Crippen molar-refractivity contribution in [1.82, 2.24) is 67.4 Å². The summed E-state index contributed by atoms with van der Waals surface area (Å²) in [5.74, 6) is 0.497. The minimum atomic E-state index is -4.92. The number of ether oxygens (including phenoxy) is 5. The summed E-state index contributed by atoms with van der Waals surface area (Å²) in [7, 11) is -18.7. The zero-order valence-electron chi connectivity index (χ0n) is 62.5. The highest BCUT2D eigenvalue weighted by Crippen LogP contribution is 2.52. The maximum Gasteiger partial charge on any atom is 0.470 e. The van der Waals surface area contributed by atoms with Gasteiger partial charge in [0.25, 0.3) is 0 Å². The van der Waals surface area contributed by atoms with Gasteiger partial charge in [-0.2, -0.15) is 4.73 Å². The van der Waals surface area contributed by atoms with Crippen LogP contribution in [0.3, 0.4) is 0 Å². The highest BCUT2D eigenvalue weighted by atomic mass is 32.1. The number of hydrogen-bond acceptors (Lipinski definition) is 40. The Balaban J connectivity index is 0.000000132. The Kier molecular flexibility index (Phi) is 26.2. The maximum absolute atomic E-state index is 11.9. The van der Waals surface area contributed by atoms with Crippen LogP contribution in [-0.2, 0) is 95.9 Å². The van der Waals surface area contributed by atoms with E-state index < -0.39 is 194 Å². The number of aromatic nitrogens is 17. The van der Waals surface area contributed by atoms with Crippen LogP contribution in [0, 0.1) is 5.41 Å². The number of imidazole rings is 5. The fourth-order valence-electron chi connectivity index (χ4n) is 14.1. The number of nitrogens with zero attached hydrogens (tertiary/aromatic N) is 19. The van der Waals surface area contributed by atoms with Crippen molar-refractivity contribution >= 4 is 125 Å². The van der Waals surface area contributed by atoms with Gasteiger partial charge < -0.3 is 152 Å². The third-order valence-corrected chi connectivity index (χ3v) is 22.3. The Labute approximate surface area is 684 Å². The Morgan fingerprint density at radius 1 is 0.525 bits per heavy atom. The standard InChI is InChI=1S/C14H18N5O7P.C12H16N3O8P.C12H16N3O7PS.C10H14N5O8P.C10H12N5O7P/c1-7-16-17(2)8-3-4-15-13-10(8)18(7)6-19(13)14-12(21)11(20)9(26-14)5-25-27(22,23)24;1-14-5-15(11-8(14)6(16)2-3-13-11)12-10(18)9(17)7(23-12)4-22-24(19,20)21;1-14-5-15(11-8(14)7(24)2-3-13-11)12-10(17)9(16)6(22-12)4-21-23(18,19)20;11-8-5-9(13-3-15(8)18)14(2-12-5)10-7(17)6(16)4(23-10)1-22-24(19,20)21;11-7-2-8(13-1-12-7)15-9(14-2)6(22-23(18,19)20)5-3(16)4(17)10(15)21-5/h3-4,6,9,11-12,14,20-21H,5H2,1-2H3,(H-,22,23,24);2-3,5,7,9-10,12,17-18H,4H2,1H3,(H2-,13,16,19,20,21);2-3,5-6,9-10,12,16-17H,4H2,1H3,(H2-,13,18,19,20,24);2-4,6-7,10-11,16-18H,1H2,(H2,19,20,21);1,3-6,10,16-17H,(H2,11,12,13)(H2,18,19,20)/p+1/t9-,11-,12?,14-;7-,9-,10?,12-;6-,9-,10?,12-;4-,6-,7?,10-;3-,4?,5-,6?,10+/m11110/s1. The number of anilines is 2. The van der Waals surface area contributed by atoms with Crippen molar-refractivity contribution in [3.05, 3.63) is 86.1 Å². The molecule has 666 valence electrons. The molecule has 10 aromatic rings. The van der Waals surface area contributed by atoms with Gasteiger partial charge in [-0.1, -0.05) is 5.75 Å². The summed E-state index contributed by atoms with van der Waals surface area (Å²) in [4.78, 5) is 121. The van der Waals surface area contributed by atoms with Gasteiger partial charge in [-0.15, -0.1) is 24.9 Å². The van der Waals surface area contributed by atoms with Crippen LogP contribution in [0.2, 0.25) is 0 Å². The molecule has 0 amide bonds. The summed E-state index contributed by atoms with van der Waals surface area (Å²) >= 11 is 5.25. The Morgan fingerprint density at radius 3 is 1.50 bits per heavy atom. The predicted molar refractivity (Wildman–Crippen MR) is 389 cm³/mol. The minimum Gasteiger partial charge on any atom is -0.870 e. The van der Waals surface area contributed by atoms with E-state index in [2.05, 4.69) is 63.1 Å². The first-order chi connectivity index (χ1) is 57.0. The number of hydrazone groups is 1. The SMILES string of the molecule is CC1=NN(C)c2ccnc3c2n1c[n+]3[C@@H]1O[C@H](COP(=O)(O)O)[C@@H](O)C1O.Cn1c[n+]([C@@H]2O[C@H](COP(=O)(O)O)[C@@H](O)C2O)c2nccc([O-])c21.Cn1c[n+]([C@@H]2O[C@H](COP(=O)(O)O)[C@@H](O)C2O)c2nccc([S-])c21.N=c1c2ncn([C@@H]3O[C@H](COP(=O)(O)O)[C@@H](O)C3O)c2ncn1O.Nc1ncnc2c1nc1n2[C@@H]2O[C@H](C1OP(=O)(O)O)[C@@H](O)C2O. The second kappa shape index (κ2) is 35.0. The monoisotopic (exact) mass is 1850 g/mol. The molecular formula is C58H77N21O37P5S+. The van der Waals surface area contributed by atoms with E-state index in [-0.39, 0.29) is 56.4 Å². The molecule has 7 aliphatic rings. The van der Waals surface area contributed by atoms with Crippen LogP contribution in [0.4, 0.5) is 11.5 Å². The van der Waals surface area contributed by atoms with Gasteiger partial charge in [0.05, 0.1) is 46.9 Å². The topological polar surface area (TPSA) is 835 Å². The zero-order valence-corrected chi connectivity index (χ0v) is 67.8. The molecule has 21 atom stereocenters. The number of rotatable bonds is 18. The molecule has 0 spiro atoms. The summed E-state index contributed by atoms with van der Waals surface area (Å²) < 4.78 is 116. The van der Waals surface area contributed by atoms with Gasteiger partial charge in [0.2, 0.25) is 24.2 Å². The van der Waals surface area contributed by atoms with E-state index in [1.807, 2.05) is 6.92 Å². The van der Waals surface area contributed by atoms with E-state index in [1.54, 1.807) is 70.8 Å². The molecule has 17 heterocycles. The lowest BCUT2D eigenvalue weighted by Gasteiger charge is -2.30. The summed E-state index contributed by atoms with van der Waals surface area (Å²) in [6, 6.07) is 4.76. The Hall–Kier alpha value is -8.20. The van der Waals surface area contributed by atoms with Crippen molar-refractivity contribution in [2.45, 2.75) is 141 Å². The van der Waals surface area contributed by atoms with Gasteiger partial charge >= 0.3 is 56.1 Å². The molecule has 0 radical (unpaired) electrons. The molecule has 0 saturated carbocycles. The van der Waals surface area contributed by atoms with Gasteiger partial charge in [-0.3, -0.25) is 51.3 Å². The number of nitrogens with two attached hydrogens (primary N) is 1. The first-order valence-electron chi connectivity index (χ1n) is 35.0. The Bertz CT molecular complexity index is 5790. The summed E-state index contributed by atoms with van der Waals surface area (Å²) in [6.07, 6.45) is -14.0. The van der Waals surface area contributed by atoms with Crippen LogP contribution in [0.15, 0.2) is 84.8 Å². The number of pyridine rings is 3. The molecule has 58 nitrogen and oxygen atoms in total. The number of phosphoric ester groups is 5. The van der Waals surface area contributed by atoms with Crippen molar-refractivity contribution in [2.75, 3.05) is 44.2 Å². The highest BCUT2D eigenvalue weighted by Gasteiger charge is 2.57. The largest absolute Gasteiger partial charge is 0.870 e. The molecule has 10 aromatic heterocycles. The van der Waals surface area contributed by atoms with Crippen molar-refractivity contribution in [3.8, 4) is 5.75 Å². The van der Waals surface area contributed by atoms with Gasteiger partial charge in [-0.25, -0.2) is 66.0 Å². The number of fused-ring (bicyclic) bond motifs is 9. The van der Waals surface area contributed by atoms with E-state index in [9.17, 15) is 84.2 Å². The van der Waals surface area contributed by atoms with E-state index in [0.29, 0.717) is 32.3 Å². The lowest BCUT2D eigenvalue weighted by atomic mass is 10.1. The fraction of sp³-hybridized carbons (Fsp3) is 0.500. The first-order valence-corrected chi connectivity index (χ1v) is 43.1. The van der Waals surface area contributed by atoms with Crippen LogP contribution in [0.1, 0.15) is 50.0 Å². The normalized spacial score (nSPS) is 28.9. The van der Waals surface area contributed by atoms with E-state index in [4.69, 9.17) is 101 Å². The van der Waals surface area contributed by atoms with Crippen molar-refractivity contribution in [2.24, 2.45) is 19.2 Å². The van der Waals surface area contributed by atoms with Gasteiger partial charge in [0, 0.05) is 20.0 Å². The third-order valence-electron chi connectivity index (χ3n) is 19.6. The molecule has 6 unspecified atom stereocenters. The number of aliphatic hydroxyl groups is 10. The average molecular weight is 1850 g/mol. The second-order valence-corrected chi connectivity index (χ2v) is 34.2. The van der Waals surface area contributed by atoms with Crippen LogP contribution in [0.25, 0.3) is 55.8 Å². The van der Waals surface area contributed by atoms with Gasteiger partial charge in [-0.05, 0) is 12.1 Å². The molecule has 24 N–H and O–H groups in total. The highest BCUT2D eigenvalue weighted by molar-refractivity contribution is 7.59.